The highest BCUT2D eigenvalue weighted by molar-refractivity contribution is 6.00. The van der Waals surface area contributed by atoms with Crippen LogP contribution in [0, 0.1) is 16.0 Å². The van der Waals surface area contributed by atoms with Gasteiger partial charge in [0.15, 0.2) is 0 Å². The number of nitrogens with zero attached hydrogens (tertiary/aromatic N) is 1. The lowest BCUT2D eigenvalue weighted by Gasteiger charge is -2.30. The molecule has 1 fully saturated rings. The Hall–Kier alpha value is -3.16. The van der Waals surface area contributed by atoms with Crippen LogP contribution in [0.2, 0.25) is 0 Å². The number of esters is 2. The average molecular weight is 400 g/mol. The predicted molar refractivity (Wildman–Crippen MR) is 105 cm³/mol. The number of carbonyl (C=O) groups is 2. The fraction of sp³-hybridized carbons (Fsp3) is 0.429. The first-order chi connectivity index (χ1) is 13.8. The minimum absolute atomic E-state index is 0.120. The first kappa shape index (κ1) is 20.6. The van der Waals surface area contributed by atoms with Crippen LogP contribution in [0.4, 0.5) is 5.69 Å². The third-order valence-electron chi connectivity index (χ3n) is 5.04. The molecule has 0 aromatic heterocycles. The lowest BCUT2D eigenvalue weighted by Crippen LogP contribution is -2.32. The van der Waals surface area contributed by atoms with E-state index in [1.54, 1.807) is 26.8 Å². The van der Waals surface area contributed by atoms with Crippen molar-refractivity contribution in [3.8, 4) is 0 Å². The third kappa shape index (κ3) is 4.47. The van der Waals surface area contributed by atoms with Gasteiger partial charge in [-0.3, -0.25) is 10.1 Å². The Morgan fingerprint density at radius 1 is 1.14 bits per heavy atom. The zero-order valence-corrected chi connectivity index (χ0v) is 16.7. The van der Waals surface area contributed by atoms with Crippen molar-refractivity contribution >= 4 is 17.6 Å². The summed E-state index contributed by atoms with van der Waals surface area (Å²) in [7, 11) is 0. The number of allylic oxidation sites excluding steroid dienone is 2. The molecule has 3 rings (SSSR count). The van der Waals surface area contributed by atoms with Gasteiger partial charge in [0.05, 0.1) is 35.2 Å². The molecular weight excluding hydrogens is 376 g/mol. The van der Waals surface area contributed by atoms with Gasteiger partial charge in [-0.1, -0.05) is 12.1 Å². The fourth-order valence-corrected chi connectivity index (χ4v) is 3.45. The molecule has 0 saturated heterocycles. The van der Waals surface area contributed by atoms with Crippen molar-refractivity contribution in [2.75, 3.05) is 13.2 Å². The molecule has 1 saturated carbocycles. The van der Waals surface area contributed by atoms with E-state index >= 15 is 0 Å². The van der Waals surface area contributed by atoms with E-state index in [-0.39, 0.29) is 23.4 Å². The van der Waals surface area contributed by atoms with E-state index in [2.05, 4.69) is 5.32 Å². The number of nitrogens with one attached hydrogen (secondary N) is 1. The van der Waals surface area contributed by atoms with Crippen LogP contribution < -0.4 is 5.32 Å². The highest BCUT2D eigenvalue weighted by Gasteiger charge is 2.39. The highest BCUT2D eigenvalue weighted by atomic mass is 16.6. The maximum absolute atomic E-state index is 12.9. The molecule has 1 atom stereocenters. The summed E-state index contributed by atoms with van der Waals surface area (Å²) in [6.45, 7) is 5.63. The van der Waals surface area contributed by atoms with Crippen LogP contribution in [-0.4, -0.2) is 30.1 Å². The Labute approximate surface area is 168 Å². The Kier molecular flexibility index (Phi) is 6.00. The van der Waals surface area contributed by atoms with Gasteiger partial charge >= 0.3 is 11.9 Å². The molecule has 1 aliphatic heterocycles. The van der Waals surface area contributed by atoms with Crippen molar-refractivity contribution in [1.29, 1.82) is 0 Å². The number of nitro benzene ring substituents is 1. The smallest absolute Gasteiger partial charge is 0.336 e. The molecular formula is C21H24N2O6. The largest absolute Gasteiger partial charge is 0.463 e. The second kappa shape index (κ2) is 8.46. The second-order valence-corrected chi connectivity index (χ2v) is 7.25. The summed E-state index contributed by atoms with van der Waals surface area (Å²) in [5, 5.41) is 14.3. The van der Waals surface area contributed by atoms with E-state index in [0.717, 1.165) is 12.8 Å². The van der Waals surface area contributed by atoms with E-state index in [9.17, 15) is 19.7 Å². The van der Waals surface area contributed by atoms with Crippen LogP contribution >= 0.6 is 0 Å². The van der Waals surface area contributed by atoms with Gasteiger partial charge in [-0.05, 0) is 45.1 Å². The quantitative estimate of drug-likeness (QED) is 0.425. The highest BCUT2D eigenvalue weighted by Crippen LogP contribution is 2.40. The molecule has 1 heterocycles. The maximum atomic E-state index is 12.9. The summed E-state index contributed by atoms with van der Waals surface area (Å²) in [5.41, 5.74) is 1.94. The Bertz CT molecular complexity index is 914. The van der Waals surface area contributed by atoms with Crippen LogP contribution in [0.1, 0.15) is 45.1 Å². The molecule has 2 aliphatic rings. The molecule has 8 heteroatoms. The van der Waals surface area contributed by atoms with Gasteiger partial charge in [-0.25, -0.2) is 9.59 Å². The maximum Gasteiger partial charge on any atom is 0.336 e. The average Bonchev–Trinajstić information content (AvgIpc) is 3.50. The topological polar surface area (TPSA) is 108 Å². The Morgan fingerprint density at radius 2 is 1.76 bits per heavy atom. The fourth-order valence-electron chi connectivity index (χ4n) is 3.45. The number of hydrogen-bond donors (Lipinski definition) is 1. The number of non-ortho nitro benzene ring substituents is 1. The van der Waals surface area contributed by atoms with Gasteiger partial charge < -0.3 is 14.8 Å². The Balaban J connectivity index is 2.07. The van der Waals surface area contributed by atoms with Crippen molar-refractivity contribution in [3.63, 3.8) is 0 Å². The van der Waals surface area contributed by atoms with Gasteiger partial charge in [-0.15, -0.1) is 0 Å². The lowest BCUT2D eigenvalue weighted by molar-refractivity contribution is -0.384. The molecule has 0 bridgehead atoms. The summed E-state index contributed by atoms with van der Waals surface area (Å²) < 4.78 is 10.7. The molecule has 0 unspecified atom stereocenters. The number of carbonyl (C=O) groups excluding carboxylic acids is 2. The predicted octanol–water partition coefficient (Wildman–Crippen LogP) is 3.35. The van der Waals surface area contributed by atoms with Crippen molar-refractivity contribution in [3.05, 3.63) is 62.5 Å². The van der Waals surface area contributed by atoms with E-state index in [4.69, 9.17) is 9.47 Å². The van der Waals surface area contributed by atoms with Gasteiger partial charge in [0, 0.05) is 23.5 Å². The van der Waals surface area contributed by atoms with Crippen LogP contribution in [0.25, 0.3) is 0 Å². The lowest BCUT2D eigenvalue weighted by atomic mass is 9.80. The van der Waals surface area contributed by atoms with Crippen molar-refractivity contribution in [1.82, 2.24) is 5.32 Å². The van der Waals surface area contributed by atoms with Crippen molar-refractivity contribution in [2.45, 2.75) is 39.5 Å². The molecule has 0 radical (unpaired) electrons. The third-order valence-corrected chi connectivity index (χ3v) is 5.04. The van der Waals surface area contributed by atoms with E-state index < -0.39 is 22.8 Å². The van der Waals surface area contributed by atoms with Crippen LogP contribution in [0.15, 0.2) is 46.8 Å². The van der Waals surface area contributed by atoms with Gasteiger partial charge in [-0.2, -0.15) is 0 Å². The number of ether oxygens (including phenoxy) is 2. The summed E-state index contributed by atoms with van der Waals surface area (Å²) in [4.78, 5) is 36.4. The van der Waals surface area contributed by atoms with Crippen molar-refractivity contribution in [2.24, 2.45) is 5.92 Å². The normalized spacial score (nSPS) is 18.9. The van der Waals surface area contributed by atoms with Crippen LogP contribution in [0.5, 0.6) is 0 Å². The number of benzene rings is 1. The Morgan fingerprint density at radius 3 is 2.31 bits per heavy atom. The summed E-state index contributed by atoms with van der Waals surface area (Å²) in [5.74, 6) is -1.54. The number of dihydropyridines is 1. The number of nitro groups is 1. The molecule has 1 N–H and O–H groups in total. The summed E-state index contributed by atoms with van der Waals surface area (Å²) in [6.07, 6.45) is 2.07. The standard InChI is InChI=1S/C21H24N2O6/c1-4-28-20(24)17-12(2)22-13(3)18(21(25)29-11-14-8-9-14)19(17)15-6-5-7-16(10-15)23(26)27/h5-7,10,14,19,22H,4,8-9,11H2,1-3H3/t19-/m0/s1. The molecule has 1 aromatic carbocycles. The number of rotatable bonds is 7. The molecule has 154 valence electrons. The monoisotopic (exact) mass is 400 g/mol. The first-order valence-electron chi connectivity index (χ1n) is 9.60. The summed E-state index contributed by atoms with van der Waals surface area (Å²) in [6, 6.07) is 5.95. The number of hydrogen-bond acceptors (Lipinski definition) is 7. The minimum Gasteiger partial charge on any atom is -0.463 e. The van der Waals surface area contributed by atoms with Gasteiger partial charge in [0.1, 0.15) is 0 Å². The van der Waals surface area contributed by atoms with Crippen LogP contribution in [0.3, 0.4) is 0 Å². The minimum atomic E-state index is -0.818. The SMILES string of the molecule is CCOC(=O)C1=C(C)NC(C)=C(C(=O)OCC2CC2)[C@H]1c1cccc([N+](=O)[O-])c1. The van der Waals surface area contributed by atoms with E-state index in [1.165, 1.54) is 18.2 Å². The molecule has 1 aliphatic carbocycles. The zero-order valence-electron chi connectivity index (χ0n) is 16.7. The second-order valence-electron chi connectivity index (χ2n) is 7.25. The summed E-state index contributed by atoms with van der Waals surface area (Å²) >= 11 is 0. The zero-order chi connectivity index (χ0) is 21.1. The van der Waals surface area contributed by atoms with Gasteiger partial charge in [0.2, 0.25) is 0 Å². The molecule has 29 heavy (non-hydrogen) atoms. The van der Waals surface area contributed by atoms with Gasteiger partial charge in [0.25, 0.3) is 5.69 Å². The molecule has 0 spiro atoms. The van der Waals surface area contributed by atoms with Crippen molar-refractivity contribution < 1.29 is 24.0 Å². The first-order valence-corrected chi connectivity index (χ1v) is 9.60. The van der Waals surface area contributed by atoms with E-state index in [1.807, 2.05) is 0 Å². The van der Waals surface area contributed by atoms with Crippen LogP contribution in [-0.2, 0) is 19.1 Å². The molecule has 8 nitrogen and oxygen atoms in total. The molecule has 0 amide bonds. The molecule has 1 aromatic rings. The van der Waals surface area contributed by atoms with E-state index in [0.29, 0.717) is 29.5 Å².